The largest absolute Gasteiger partial charge is 0.390 e. The zero-order valence-corrected chi connectivity index (χ0v) is 21.3. The van der Waals surface area contributed by atoms with Gasteiger partial charge in [0.25, 0.3) is 21.3 Å². The summed E-state index contributed by atoms with van der Waals surface area (Å²) in [6.45, 7) is 4.60. The summed E-state index contributed by atoms with van der Waals surface area (Å²) in [6, 6.07) is -0.670. The minimum absolute atomic E-state index is 0.0224. The highest BCUT2D eigenvalue weighted by Crippen LogP contribution is 2.30. The molecule has 0 saturated carbocycles. The normalized spacial score (nSPS) is 28.1. The Kier molecular flexibility index (Phi) is 7.68. The summed E-state index contributed by atoms with van der Waals surface area (Å²) in [5, 5.41) is 10.4. The molecule has 2 aliphatic heterocycles. The van der Waals surface area contributed by atoms with E-state index in [-0.39, 0.29) is 24.9 Å². The van der Waals surface area contributed by atoms with Crippen LogP contribution in [0.2, 0.25) is 0 Å². The topological polar surface area (TPSA) is 207 Å². The van der Waals surface area contributed by atoms with Gasteiger partial charge in [-0.15, -0.1) is 0 Å². The molecule has 2 aromatic rings. The van der Waals surface area contributed by atoms with Crippen molar-refractivity contribution < 1.29 is 23.0 Å². The summed E-state index contributed by atoms with van der Waals surface area (Å²) in [5.41, 5.74) is -1.79. The van der Waals surface area contributed by atoms with E-state index in [9.17, 15) is 32.7 Å². The maximum Gasteiger partial charge on any atom is 0.330 e. The fraction of sp³-hybridized carbons (Fsp3) is 0.619. The lowest BCUT2D eigenvalue weighted by atomic mass is 10.1. The first-order valence-electron chi connectivity index (χ1n) is 11.8. The molecule has 0 spiro atoms. The molecule has 2 aromatic heterocycles. The summed E-state index contributed by atoms with van der Waals surface area (Å²) in [5.74, 6) is 0. The number of aromatic amines is 2. The Morgan fingerprint density at radius 1 is 0.946 bits per heavy atom. The molecule has 0 aromatic carbocycles. The van der Waals surface area contributed by atoms with Crippen LogP contribution in [0.3, 0.4) is 0 Å². The van der Waals surface area contributed by atoms with E-state index in [2.05, 4.69) is 19.4 Å². The molecule has 2 aliphatic rings. The van der Waals surface area contributed by atoms with Crippen molar-refractivity contribution in [3.63, 3.8) is 0 Å². The van der Waals surface area contributed by atoms with Gasteiger partial charge in [-0.2, -0.15) is 17.9 Å². The van der Waals surface area contributed by atoms with Gasteiger partial charge in [-0.05, 0) is 20.3 Å². The number of nitrogens with zero attached hydrogens (tertiary/aromatic N) is 2. The van der Waals surface area contributed by atoms with E-state index in [1.165, 1.54) is 23.9 Å². The molecule has 0 bridgehead atoms. The molecule has 2 fully saturated rings. The van der Waals surface area contributed by atoms with E-state index >= 15 is 0 Å². The van der Waals surface area contributed by atoms with Crippen LogP contribution in [0.4, 0.5) is 0 Å². The first-order chi connectivity index (χ1) is 17.4. The summed E-state index contributed by atoms with van der Waals surface area (Å²) in [6.07, 6.45) is -0.884. The summed E-state index contributed by atoms with van der Waals surface area (Å²) >= 11 is 0. The average molecular weight is 543 g/mol. The molecule has 0 amide bonds. The van der Waals surface area contributed by atoms with Gasteiger partial charge in [-0.3, -0.25) is 28.7 Å². The minimum atomic E-state index is -4.08. The molecule has 204 valence electrons. The standard InChI is InChI=1S/C21H30N6O9S/c1-4-14-12(5-16(35-14)26-8-10(2)18(29)23-20(26)31)25-37(33,34)22-7-15-13(28)6-17(36-15)27-9-11(3)19(30)24-21(27)32/h8-9,12-17,22,25,28H,4-7H2,1-3H3,(H,23,29,31)(H,24,30,32)/t12-,13-,14+,15+,16+,17+/m0/s1. The molecule has 37 heavy (non-hydrogen) atoms. The van der Waals surface area contributed by atoms with Crippen molar-refractivity contribution in [3.8, 4) is 0 Å². The predicted octanol–water partition coefficient (Wildman–Crippen LogP) is -2.16. The van der Waals surface area contributed by atoms with Gasteiger partial charge >= 0.3 is 11.4 Å². The lowest BCUT2D eigenvalue weighted by Crippen LogP contribution is -2.48. The van der Waals surface area contributed by atoms with E-state index in [0.717, 1.165) is 4.57 Å². The molecule has 0 radical (unpaired) electrons. The van der Waals surface area contributed by atoms with Gasteiger partial charge in [-0.1, -0.05) is 6.92 Å². The third-order valence-corrected chi connectivity index (χ3v) is 7.70. The van der Waals surface area contributed by atoms with E-state index in [4.69, 9.17) is 9.47 Å². The van der Waals surface area contributed by atoms with Crippen LogP contribution in [0, 0.1) is 13.8 Å². The summed E-state index contributed by atoms with van der Waals surface area (Å²) < 4.78 is 44.4. The van der Waals surface area contributed by atoms with Gasteiger partial charge in [0, 0.05) is 42.9 Å². The highest BCUT2D eigenvalue weighted by molar-refractivity contribution is 7.87. The number of aryl methyl sites for hydroxylation is 2. The maximum absolute atomic E-state index is 12.8. The molecular weight excluding hydrogens is 512 g/mol. The zero-order chi connectivity index (χ0) is 27.1. The maximum atomic E-state index is 12.8. The quantitative estimate of drug-likeness (QED) is 0.246. The second kappa shape index (κ2) is 10.5. The Labute approximate surface area is 210 Å². The number of ether oxygens (including phenoxy) is 2. The highest BCUT2D eigenvalue weighted by atomic mass is 32.2. The van der Waals surface area contributed by atoms with Crippen LogP contribution in [0.15, 0.2) is 31.6 Å². The number of aromatic nitrogens is 4. The van der Waals surface area contributed by atoms with Gasteiger partial charge in [0.05, 0.1) is 24.4 Å². The molecule has 2 saturated heterocycles. The number of rotatable bonds is 8. The van der Waals surface area contributed by atoms with Crippen LogP contribution in [0.25, 0.3) is 0 Å². The van der Waals surface area contributed by atoms with Crippen molar-refractivity contribution in [1.82, 2.24) is 28.5 Å². The predicted molar refractivity (Wildman–Crippen MR) is 129 cm³/mol. The lowest BCUT2D eigenvalue weighted by molar-refractivity contribution is -0.0170. The van der Waals surface area contributed by atoms with E-state index in [0.29, 0.717) is 12.0 Å². The Bertz CT molecular complexity index is 1490. The van der Waals surface area contributed by atoms with Gasteiger partial charge < -0.3 is 14.6 Å². The van der Waals surface area contributed by atoms with Gasteiger partial charge in [0.2, 0.25) is 0 Å². The zero-order valence-electron chi connectivity index (χ0n) is 20.5. The minimum Gasteiger partial charge on any atom is -0.390 e. The van der Waals surface area contributed by atoms with Crippen molar-refractivity contribution >= 4 is 10.2 Å². The van der Waals surface area contributed by atoms with Gasteiger partial charge in [0.15, 0.2) is 0 Å². The van der Waals surface area contributed by atoms with Gasteiger partial charge in [0.1, 0.15) is 12.5 Å². The monoisotopic (exact) mass is 542 g/mol. The Hall–Kier alpha value is -2.89. The molecule has 0 unspecified atom stereocenters. The molecule has 4 heterocycles. The molecule has 6 atom stereocenters. The van der Waals surface area contributed by atoms with Crippen LogP contribution in [0.5, 0.6) is 0 Å². The highest BCUT2D eigenvalue weighted by Gasteiger charge is 2.39. The SMILES string of the molecule is CC[C@H]1O[C@@H](n2cc(C)c(=O)[nH]c2=O)C[C@@H]1NS(=O)(=O)NC[C@H]1O[C@@H](n2cc(C)c(=O)[nH]c2=O)C[C@@H]1O. The number of aliphatic hydroxyl groups excluding tert-OH is 1. The van der Waals surface area contributed by atoms with Gasteiger partial charge in [-0.25, -0.2) is 9.59 Å². The van der Waals surface area contributed by atoms with Crippen molar-refractivity contribution in [2.75, 3.05) is 6.54 Å². The van der Waals surface area contributed by atoms with E-state index in [1.54, 1.807) is 6.92 Å². The van der Waals surface area contributed by atoms with Crippen LogP contribution in [-0.4, -0.2) is 63.5 Å². The van der Waals surface area contributed by atoms with Crippen LogP contribution < -0.4 is 31.9 Å². The van der Waals surface area contributed by atoms with Crippen molar-refractivity contribution in [2.24, 2.45) is 0 Å². The Balaban J connectivity index is 1.39. The Morgan fingerprint density at radius 2 is 1.46 bits per heavy atom. The van der Waals surface area contributed by atoms with Crippen LogP contribution >= 0.6 is 0 Å². The summed E-state index contributed by atoms with van der Waals surface area (Å²) in [7, 11) is -4.08. The van der Waals surface area contributed by atoms with Crippen LogP contribution in [-0.2, 0) is 19.7 Å². The second-order valence-corrected chi connectivity index (χ2v) is 10.8. The molecular formula is C21H30N6O9S. The average Bonchev–Trinajstić information content (AvgIpc) is 3.39. The number of hydrogen-bond donors (Lipinski definition) is 5. The fourth-order valence-electron chi connectivity index (χ4n) is 4.51. The number of hydrogen-bond acceptors (Lipinski definition) is 9. The molecule has 0 aliphatic carbocycles. The first-order valence-corrected chi connectivity index (χ1v) is 13.3. The third kappa shape index (κ3) is 5.83. The van der Waals surface area contributed by atoms with Crippen molar-refractivity contribution in [1.29, 1.82) is 0 Å². The third-order valence-electron chi connectivity index (χ3n) is 6.54. The van der Waals surface area contributed by atoms with E-state index in [1.807, 2.05) is 6.92 Å². The molecule has 4 rings (SSSR count). The molecule has 16 heteroatoms. The number of aliphatic hydroxyl groups is 1. The van der Waals surface area contributed by atoms with Crippen LogP contribution in [0.1, 0.15) is 49.8 Å². The van der Waals surface area contributed by atoms with Crippen molar-refractivity contribution in [3.05, 3.63) is 65.2 Å². The number of nitrogens with one attached hydrogen (secondary N) is 4. The number of H-pyrrole nitrogens is 2. The molecule has 15 nitrogen and oxygen atoms in total. The summed E-state index contributed by atoms with van der Waals surface area (Å²) in [4.78, 5) is 52.0. The first kappa shape index (κ1) is 27.2. The fourth-order valence-corrected chi connectivity index (χ4v) is 5.62. The second-order valence-electron chi connectivity index (χ2n) is 9.24. The smallest absolute Gasteiger partial charge is 0.330 e. The van der Waals surface area contributed by atoms with E-state index < -0.39 is 69.5 Å². The Morgan fingerprint density at radius 3 is 2.00 bits per heavy atom. The lowest BCUT2D eigenvalue weighted by Gasteiger charge is -2.20. The molecule has 5 N–H and O–H groups in total. The van der Waals surface area contributed by atoms with Crippen molar-refractivity contribution in [2.45, 2.75) is 76.8 Å².